The summed E-state index contributed by atoms with van der Waals surface area (Å²) in [7, 11) is 0. The van der Waals surface area contributed by atoms with Crippen molar-refractivity contribution in [2.24, 2.45) is 0 Å². The molecule has 1 rings (SSSR count). The number of ether oxygens (including phenoxy) is 1. The average molecular weight is 368 g/mol. The first-order chi connectivity index (χ1) is 11.9. The van der Waals surface area contributed by atoms with E-state index in [2.05, 4.69) is 16.9 Å². The van der Waals surface area contributed by atoms with Crippen molar-refractivity contribution in [1.29, 1.82) is 0 Å². The molecule has 5 nitrogen and oxygen atoms in total. The highest BCUT2D eigenvalue weighted by Gasteiger charge is 2.15. The van der Waals surface area contributed by atoms with Crippen LogP contribution in [0.1, 0.15) is 51.5 Å². The van der Waals surface area contributed by atoms with Crippen molar-refractivity contribution < 1.29 is 18.7 Å². The lowest BCUT2D eigenvalue weighted by molar-refractivity contribution is -0.112. The minimum Gasteiger partial charge on any atom is -0.461 e. The number of nitrogens with one attached hydrogen (secondary N) is 1. The molecule has 1 aromatic heterocycles. The number of anilines is 1. The maximum Gasteiger partial charge on any atom is 0.357 e. The smallest absolute Gasteiger partial charge is 0.357 e. The zero-order chi connectivity index (χ0) is 19.4. The van der Waals surface area contributed by atoms with Gasteiger partial charge in [0.05, 0.1) is 6.61 Å². The lowest BCUT2D eigenvalue weighted by Gasteiger charge is -2.05. The molecule has 0 atom stereocenters. The van der Waals surface area contributed by atoms with E-state index in [1.165, 1.54) is 11.5 Å². The number of esters is 1. The molecule has 0 bridgehead atoms. The van der Waals surface area contributed by atoms with Crippen molar-refractivity contribution in [3.8, 4) is 0 Å². The van der Waals surface area contributed by atoms with E-state index in [1.54, 1.807) is 26.8 Å². The van der Waals surface area contributed by atoms with Crippen molar-refractivity contribution in [3.63, 3.8) is 0 Å². The summed E-state index contributed by atoms with van der Waals surface area (Å²) in [4.78, 5) is 27.7. The SMILES string of the molecule is C=C(F)/C(=C\C(=C/C)C(=O)Nc1nc(C(=O)OCC)cs1)CC.CC. The molecule has 138 valence electrons. The molecular formula is C18H25FN2O3S. The fourth-order valence-electron chi connectivity index (χ4n) is 1.64. The van der Waals surface area contributed by atoms with E-state index in [4.69, 9.17) is 4.74 Å². The fourth-order valence-corrected chi connectivity index (χ4v) is 2.31. The minimum atomic E-state index is -0.571. The van der Waals surface area contributed by atoms with Crippen molar-refractivity contribution in [1.82, 2.24) is 4.98 Å². The summed E-state index contributed by atoms with van der Waals surface area (Å²) < 4.78 is 18.1. The number of thiazole rings is 1. The molecule has 7 heteroatoms. The van der Waals surface area contributed by atoms with Crippen molar-refractivity contribution in [3.05, 3.63) is 46.8 Å². The summed E-state index contributed by atoms with van der Waals surface area (Å²) in [5, 5.41) is 4.34. The Bertz CT molecular complexity index is 663. The third kappa shape index (κ3) is 7.43. The van der Waals surface area contributed by atoms with Gasteiger partial charge >= 0.3 is 5.97 Å². The van der Waals surface area contributed by atoms with E-state index in [0.717, 1.165) is 11.3 Å². The summed E-state index contributed by atoms with van der Waals surface area (Å²) in [6.07, 6.45) is 3.43. The molecule has 25 heavy (non-hydrogen) atoms. The standard InChI is InChI=1S/C16H19FN2O3S.C2H6/c1-5-11(10(4)17)8-12(6-2)14(20)19-16-18-13(9-23-16)15(21)22-7-3;1-2/h6,8-9H,4-5,7H2,1-3H3,(H,18,19,20);1-2H3/b11-8-,12-6+;. The summed E-state index contributed by atoms with van der Waals surface area (Å²) >= 11 is 1.11. The Morgan fingerprint density at radius 1 is 1.40 bits per heavy atom. The number of allylic oxidation sites excluding steroid dienone is 3. The largest absolute Gasteiger partial charge is 0.461 e. The molecule has 1 amide bonds. The minimum absolute atomic E-state index is 0.135. The number of amides is 1. The lowest BCUT2D eigenvalue weighted by Crippen LogP contribution is -2.14. The Labute approximate surface area is 152 Å². The molecule has 1 heterocycles. The summed E-state index contributed by atoms with van der Waals surface area (Å²) in [5.41, 5.74) is 0.768. The van der Waals surface area contributed by atoms with Gasteiger partial charge in [-0.05, 0) is 31.9 Å². The van der Waals surface area contributed by atoms with Crippen molar-refractivity contribution in [2.45, 2.75) is 41.0 Å². The Hall–Kier alpha value is -2.28. The first kappa shape index (κ1) is 22.7. The Morgan fingerprint density at radius 2 is 2.04 bits per heavy atom. The Balaban J connectivity index is 0.00000277. The first-order valence-corrected chi connectivity index (χ1v) is 8.96. The van der Waals surface area contributed by atoms with Crippen LogP contribution in [0, 0.1) is 0 Å². The maximum absolute atomic E-state index is 13.2. The summed E-state index contributed by atoms with van der Waals surface area (Å²) in [6, 6.07) is 0. The van der Waals surface area contributed by atoms with Gasteiger partial charge in [-0.3, -0.25) is 10.1 Å². The van der Waals surface area contributed by atoms with Crippen LogP contribution in [0.5, 0.6) is 0 Å². The monoisotopic (exact) mass is 368 g/mol. The van der Waals surface area contributed by atoms with Crippen LogP contribution in [0.25, 0.3) is 0 Å². The topological polar surface area (TPSA) is 68.3 Å². The molecule has 0 saturated heterocycles. The van der Waals surface area contributed by atoms with Gasteiger partial charge in [0.1, 0.15) is 5.83 Å². The van der Waals surface area contributed by atoms with Gasteiger partial charge in [0, 0.05) is 11.0 Å². The molecular weight excluding hydrogens is 343 g/mol. The zero-order valence-corrected chi connectivity index (χ0v) is 16.1. The number of carbonyl (C=O) groups excluding carboxylic acids is 2. The molecule has 1 N–H and O–H groups in total. The molecule has 0 radical (unpaired) electrons. The van der Waals surface area contributed by atoms with E-state index in [1.807, 2.05) is 13.8 Å². The van der Waals surface area contributed by atoms with E-state index in [-0.39, 0.29) is 23.0 Å². The highest BCUT2D eigenvalue weighted by molar-refractivity contribution is 7.14. The number of aromatic nitrogens is 1. The molecule has 0 fully saturated rings. The van der Waals surface area contributed by atoms with Crippen LogP contribution in [-0.2, 0) is 9.53 Å². The molecule has 1 aromatic rings. The van der Waals surface area contributed by atoms with Crippen LogP contribution >= 0.6 is 11.3 Å². The van der Waals surface area contributed by atoms with Gasteiger partial charge in [0.15, 0.2) is 10.8 Å². The number of carbonyl (C=O) groups is 2. The van der Waals surface area contributed by atoms with E-state index in [0.29, 0.717) is 12.0 Å². The van der Waals surface area contributed by atoms with Crippen LogP contribution in [0.15, 0.2) is 41.1 Å². The molecule has 0 aliphatic rings. The lowest BCUT2D eigenvalue weighted by atomic mass is 10.1. The average Bonchev–Trinajstić information content (AvgIpc) is 3.06. The second-order valence-electron chi connectivity index (χ2n) is 4.38. The van der Waals surface area contributed by atoms with Gasteiger partial charge < -0.3 is 4.74 Å². The maximum atomic E-state index is 13.2. The predicted molar refractivity (Wildman–Crippen MR) is 100 cm³/mol. The van der Waals surface area contributed by atoms with Crippen LogP contribution < -0.4 is 5.32 Å². The van der Waals surface area contributed by atoms with E-state index in [9.17, 15) is 14.0 Å². The summed E-state index contributed by atoms with van der Waals surface area (Å²) in [6.45, 7) is 12.6. The van der Waals surface area contributed by atoms with Gasteiger partial charge in [0.25, 0.3) is 5.91 Å². The quantitative estimate of drug-likeness (QED) is 0.415. The van der Waals surface area contributed by atoms with Gasteiger partial charge in [-0.15, -0.1) is 11.3 Å². The van der Waals surface area contributed by atoms with Crippen molar-refractivity contribution in [2.75, 3.05) is 11.9 Å². The van der Waals surface area contributed by atoms with Crippen LogP contribution in [0.4, 0.5) is 9.52 Å². The van der Waals surface area contributed by atoms with Gasteiger partial charge in [0.2, 0.25) is 0 Å². The third-order valence-electron chi connectivity index (χ3n) is 2.84. The van der Waals surface area contributed by atoms with Crippen LogP contribution in [-0.4, -0.2) is 23.5 Å². The molecule has 0 saturated carbocycles. The van der Waals surface area contributed by atoms with Crippen LogP contribution in [0.3, 0.4) is 0 Å². The molecule has 0 aliphatic heterocycles. The van der Waals surface area contributed by atoms with Gasteiger partial charge in [-0.2, -0.15) is 0 Å². The molecule has 0 aliphatic carbocycles. The number of nitrogens with zero attached hydrogens (tertiary/aromatic N) is 1. The second-order valence-corrected chi connectivity index (χ2v) is 5.24. The Kier molecular flexibility index (Phi) is 11.0. The number of hydrogen-bond donors (Lipinski definition) is 1. The highest BCUT2D eigenvalue weighted by Crippen LogP contribution is 2.19. The fraction of sp³-hybridized carbons (Fsp3) is 0.389. The van der Waals surface area contributed by atoms with E-state index >= 15 is 0 Å². The molecule has 0 spiro atoms. The highest BCUT2D eigenvalue weighted by atomic mass is 32.1. The normalized spacial score (nSPS) is 11.3. The second kappa shape index (κ2) is 12.1. The predicted octanol–water partition coefficient (Wildman–Crippen LogP) is 5.05. The number of hydrogen-bond acceptors (Lipinski definition) is 5. The molecule has 0 aromatic carbocycles. The van der Waals surface area contributed by atoms with Gasteiger partial charge in [-0.1, -0.05) is 33.4 Å². The molecule has 0 unspecified atom stereocenters. The zero-order valence-electron chi connectivity index (χ0n) is 15.3. The van der Waals surface area contributed by atoms with Crippen LogP contribution in [0.2, 0.25) is 0 Å². The first-order valence-electron chi connectivity index (χ1n) is 8.08. The van der Waals surface area contributed by atoms with E-state index < -0.39 is 17.7 Å². The number of halogens is 1. The summed E-state index contributed by atoms with van der Waals surface area (Å²) in [5.74, 6) is -1.56. The number of rotatable bonds is 7. The van der Waals surface area contributed by atoms with Gasteiger partial charge in [-0.25, -0.2) is 14.2 Å². The Morgan fingerprint density at radius 3 is 2.52 bits per heavy atom. The van der Waals surface area contributed by atoms with Crippen molar-refractivity contribution >= 4 is 28.3 Å². The third-order valence-corrected chi connectivity index (χ3v) is 3.60.